The normalized spacial score (nSPS) is 10.7. The number of rotatable bonds is 10. The Morgan fingerprint density at radius 1 is 0.900 bits per heavy atom. The molecule has 0 heterocycles. The number of aryl methyl sites for hydroxylation is 2. The molecule has 112 valence electrons. The molecule has 1 aromatic rings. The molecule has 0 N–H and O–H groups in total. The molecule has 0 bridgehead atoms. The lowest BCUT2D eigenvalue weighted by atomic mass is 10.0. The van der Waals surface area contributed by atoms with E-state index >= 15 is 0 Å². The minimum absolute atomic E-state index is 0.234. The Bertz CT molecular complexity index is 370. The number of hydrogen-bond acceptors (Lipinski definition) is 2. The van der Waals surface area contributed by atoms with Crippen LogP contribution in [-0.4, -0.2) is 10.9 Å². The van der Waals surface area contributed by atoms with E-state index in [0.717, 1.165) is 18.6 Å². The van der Waals surface area contributed by atoms with Crippen molar-refractivity contribution in [1.29, 1.82) is 0 Å². The smallest absolute Gasteiger partial charge is 0.185 e. The van der Waals surface area contributed by atoms with Crippen LogP contribution in [0.25, 0.3) is 0 Å². The first-order valence-electron chi connectivity index (χ1n) is 7.93. The molecule has 0 aliphatic rings. The van der Waals surface area contributed by atoms with Crippen LogP contribution >= 0.6 is 11.8 Å². The number of hydrogen-bond donors (Lipinski definition) is 0. The van der Waals surface area contributed by atoms with Gasteiger partial charge >= 0.3 is 0 Å². The van der Waals surface area contributed by atoms with Crippen LogP contribution in [0.15, 0.2) is 24.3 Å². The van der Waals surface area contributed by atoms with Gasteiger partial charge in [0.05, 0.1) is 0 Å². The van der Waals surface area contributed by atoms with Crippen LogP contribution in [0.1, 0.15) is 63.5 Å². The molecule has 20 heavy (non-hydrogen) atoms. The molecular weight excluding hydrogens is 264 g/mol. The molecular formula is C18H28OS. The fourth-order valence-electron chi connectivity index (χ4n) is 2.28. The van der Waals surface area contributed by atoms with Crippen LogP contribution in [0, 0.1) is 0 Å². The van der Waals surface area contributed by atoms with Crippen LogP contribution in [-0.2, 0) is 17.6 Å². The SMILES string of the molecule is CCCCCCc1ccc(CCCCSC(C)=O)cc1. The highest BCUT2D eigenvalue weighted by Gasteiger charge is 1.98. The highest BCUT2D eigenvalue weighted by Crippen LogP contribution is 2.13. The van der Waals surface area contributed by atoms with Gasteiger partial charge < -0.3 is 0 Å². The predicted molar refractivity (Wildman–Crippen MR) is 90.4 cm³/mol. The first-order chi connectivity index (χ1) is 9.72. The van der Waals surface area contributed by atoms with Gasteiger partial charge in [-0.15, -0.1) is 0 Å². The maximum absolute atomic E-state index is 10.8. The Morgan fingerprint density at radius 3 is 1.95 bits per heavy atom. The average Bonchev–Trinajstić information content (AvgIpc) is 2.44. The van der Waals surface area contributed by atoms with Crippen LogP contribution in [0.2, 0.25) is 0 Å². The van der Waals surface area contributed by atoms with E-state index in [2.05, 4.69) is 31.2 Å². The lowest BCUT2D eigenvalue weighted by Crippen LogP contribution is -1.91. The van der Waals surface area contributed by atoms with Gasteiger partial charge in [-0.05, 0) is 43.2 Å². The number of thioether (sulfide) groups is 1. The minimum atomic E-state index is 0.234. The zero-order chi connectivity index (χ0) is 14.6. The second kappa shape index (κ2) is 11.0. The summed E-state index contributed by atoms with van der Waals surface area (Å²) in [4.78, 5) is 10.8. The largest absolute Gasteiger partial charge is 0.288 e. The standard InChI is InChI=1S/C18H28OS/c1-3-4-5-6-9-17-11-13-18(14-12-17)10-7-8-15-20-16(2)19/h11-14H,3-10,15H2,1-2H3. The number of benzene rings is 1. The van der Waals surface area contributed by atoms with Crippen molar-refractivity contribution in [3.8, 4) is 0 Å². The summed E-state index contributed by atoms with van der Waals surface area (Å²) in [6.07, 6.45) is 9.99. The lowest BCUT2D eigenvalue weighted by Gasteiger charge is -2.04. The van der Waals surface area contributed by atoms with E-state index in [9.17, 15) is 4.79 Å². The average molecular weight is 292 g/mol. The highest BCUT2D eigenvalue weighted by molar-refractivity contribution is 8.13. The fraction of sp³-hybridized carbons (Fsp3) is 0.611. The molecule has 0 saturated heterocycles. The second-order valence-corrected chi connectivity index (χ2v) is 6.70. The van der Waals surface area contributed by atoms with Gasteiger partial charge in [0.2, 0.25) is 0 Å². The lowest BCUT2D eigenvalue weighted by molar-refractivity contribution is -0.109. The van der Waals surface area contributed by atoms with Gasteiger partial charge in [-0.3, -0.25) is 4.79 Å². The molecule has 1 nitrogen and oxygen atoms in total. The maximum Gasteiger partial charge on any atom is 0.185 e. The highest BCUT2D eigenvalue weighted by atomic mass is 32.2. The summed E-state index contributed by atoms with van der Waals surface area (Å²) in [5.41, 5.74) is 2.90. The van der Waals surface area contributed by atoms with Crippen molar-refractivity contribution < 1.29 is 4.79 Å². The van der Waals surface area contributed by atoms with Crippen molar-refractivity contribution in [3.63, 3.8) is 0 Å². The van der Waals surface area contributed by atoms with Crippen LogP contribution in [0.5, 0.6) is 0 Å². The van der Waals surface area contributed by atoms with Gasteiger partial charge in [-0.25, -0.2) is 0 Å². The van der Waals surface area contributed by atoms with Gasteiger partial charge in [0, 0.05) is 12.7 Å². The Morgan fingerprint density at radius 2 is 1.45 bits per heavy atom. The Hall–Kier alpha value is -0.760. The molecule has 0 unspecified atom stereocenters. The zero-order valence-electron chi connectivity index (χ0n) is 13.0. The van der Waals surface area contributed by atoms with Crippen LogP contribution < -0.4 is 0 Å². The van der Waals surface area contributed by atoms with Crippen molar-refractivity contribution in [2.75, 3.05) is 5.75 Å². The van der Waals surface area contributed by atoms with Gasteiger partial charge in [0.15, 0.2) is 5.12 Å². The summed E-state index contributed by atoms with van der Waals surface area (Å²) >= 11 is 1.44. The van der Waals surface area contributed by atoms with Crippen molar-refractivity contribution in [1.82, 2.24) is 0 Å². The van der Waals surface area contributed by atoms with Crippen LogP contribution in [0.3, 0.4) is 0 Å². The monoisotopic (exact) mass is 292 g/mol. The van der Waals surface area contributed by atoms with E-state index in [1.807, 2.05) is 0 Å². The van der Waals surface area contributed by atoms with E-state index in [-0.39, 0.29) is 5.12 Å². The quantitative estimate of drug-likeness (QED) is 0.536. The molecule has 0 saturated carbocycles. The van der Waals surface area contributed by atoms with Crippen molar-refractivity contribution in [2.45, 2.75) is 65.2 Å². The third-order valence-corrected chi connectivity index (χ3v) is 4.41. The van der Waals surface area contributed by atoms with E-state index in [0.29, 0.717) is 0 Å². The summed E-state index contributed by atoms with van der Waals surface area (Å²) in [6, 6.07) is 9.11. The molecule has 1 aromatic carbocycles. The van der Waals surface area contributed by atoms with E-state index < -0.39 is 0 Å². The van der Waals surface area contributed by atoms with E-state index in [1.54, 1.807) is 6.92 Å². The third kappa shape index (κ3) is 8.42. The second-order valence-electron chi connectivity index (χ2n) is 5.42. The number of carbonyl (C=O) groups is 1. The first-order valence-corrected chi connectivity index (χ1v) is 8.92. The van der Waals surface area contributed by atoms with Gasteiger partial charge in [0.1, 0.15) is 0 Å². The molecule has 0 fully saturated rings. The molecule has 0 aromatic heterocycles. The summed E-state index contributed by atoms with van der Waals surface area (Å²) in [5.74, 6) is 0.963. The predicted octanol–water partition coefficient (Wildman–Crippen LogP) is 5.41. The van der Waals surface area contributed by atoms with Gasteiger partial charge in [-0.2, -0.15) is 0 Å². The summed E-state index contributed by atoms with van der Waals surface area (Å²) in [6.45, 7) is 3.90. The Balaban J connectivity index is 2.16. The van der Waals surface area contributed by atoms with Crippen molar-refractivity contribution in [3.05, 3.63) is 35.4 Å². The van der Waals surface area contributed by atoms with Gasteiger partial charge in [0.25, 0.3) is 0 Å². The number of unbranched alkanes of at least 4 members (excludes halogenated alkanes) is 4. The molecule has 0 atom stereocenters. The molecule has 0 amide bonds. The van der Waals surface area contributed by atoms with Crippen molar-refractivity contribution in [2.24, 2.45) is 0 Å². The third-order valence-electron chi connectivity index (χ3n) is 3.51. The summed E-state index contributed by atoms with van der Waals surface area (Å²) in [7, 11) is 0. The molecule has 0 radical (unpaired) electrons. The van der Waals surface area contributed by atoms with E-state index in [4.69, 9.17) is 0 Å². The van der Waals surface area contributed by atoms with Crippen LogP contribution in [0.4, 0.5) is 0 Å². The summed E-state index contributed by atoms with van der Waals surface area (Å²) < 4.78 is 0. The Labute approximate surface area is 128 Å². The first kappa shape index (κ1) is 17.3. The zero-order valence-corrected chi connectivity index (χ0v) is 13.8. The molecule has 2 heteroatoms. The molecule has 0 aliphatic heterocycles. The summed E-state index contributed by atoms with van der Waals surface area (Å²) in [5, 5.41) is 0.234. The molecule has 0 spiro atoms. The van der Waals surface area contributed by atoms with Gasteiger partial charge in [-0.1, -0.05) is 62.2 Å². The molecule has 1 rings (SSSR count). The fourth-order valence-corrected chi connectivity index (χ4v) is 2.91. The van der Waals surface area contributed by atoms with E-state index in [1.165, 1.54) is 61.4 Å². The minimum Gasteiger partial charge on any atom is -0.288 e. The van der Waals surface area contributed by atoms with Crippen molar-refractivity contribution >= 4 is 16.9 Å². The Kier molecular flexibility index (Phi) is 9.48. The number of carbonyl (C=O) groups excluding carboxylic acids is 1. The maximum atomic E-state index is 10.8. The molecule has 0 aliphatic carbocycles. The topological polar surface area (TPSA) is 17.1 Å².